The molecule has 0 unspecified atom stereocenters. The maximum Gasteiger partial charge on any atom is 0.258 e. The number of thiazole rings is 1. The van der Waals surface area contributed by atoms with Crippen molar-refractivity contribution in [2.45, 2.75) is 6.92 Å². The SMILES string of the molecule is CCOc1ccccc1-c1csc(NC(=O)c2cc(Cl)nc3ccccc23)n1. The van der Waals surface area contributed by atoms with Crippen LogP contribution in [0.25, 0.3) is 22.2 Å². The third kappa shape index (κ3) is 3.69. The number of fused-ring (bicyclic) bond motifs is 1. The summed E-state index contributed by atoms with van der Waals surface area (Å²) in [5, 5.41) is 6.27. The number of carbonyl (C=O) groups excluding carboxylic acids is 1. The van der Waals surface area contributed by atoms with Crippen LogP contribution in [0.15, 0.2) is 60.0 Å². The summed E-state index contributed by atoms with van der Waals surface area (Å²) in [7, 11) is 0. The minimum Gasteiger partial charge on any atom is -0.493 e. The van der Waals surface area contributed by atoms with Gasteiger partial charge in [-0.05, 0) is 31.2 Å². The van der Waals surface area contributed by atoms with E-state index in [9.17, 15) is 4.79 Å². The summed E-state index contributed by atoms with van der Waals surface area (Å²) in [6.45, 7) is 2.51. The predicted octanol–water partition coefficient (Wildman–Crippen LogP) is 5.66. The molecule has 1 N–H and O–H groups in total. The summed E-state index contributed by atoms with van der Waals surface area (Å²) in [4.78, 5) is 21.6. The van der Waals surface area contributed by atoms with E-state index in [1.807, 2.05) is 60.8 Å². The maximum atomic E-state index is 12.8. The fraction of sp³-hybridized carbons (Fsp3) is 0.0952. The fourth-order valence-corrected chi connectivity index (χ4v) is 3.82. The average molecular weight is 410 g/mol. The first-order valence-corrected chi connectivity index (χ1v) is 9.96. The van der Waals surface area contributed by atoms with Gasteiger partial charge in [-0.15, -0.1) is 11.3 Å². The minimum absolute atomic E-state index is 0.273. The number of ether oxygens (including phenoxy) is 1. The number of aromatic nitrogens is 2. The van der Waals surface area contributed by atoms with Gasteiger partial charge in [0.1, 0.15) is 10.9 Å². The van der Waals surface area contributed by atoms with E-state index in [4.69, 9.17) is 16.3 Å². The minimum atomic E-state index is -0.278. The number of amides is 1. The molecule has 2 aromatic carbocycles. The van der Waals surface area contributed by atoms with Gasteiger partial charge in [-0.3, -0.25) is 10.1 Å². The normalized spacial score (nSPS) is 10.8. The van der Waals surface area contributed by atoms with Gasteiger partial charge in [0.05, 0.1) is 23.4 Å². The van der Waals surface area contributed by atoms with E-state index in [1.54, 1.807) is 6.07 Å². The third-order valence-electron chi connectivity index (χ3n) is 4.12. The first kappa shape index (κ1) is 18.4. The third-order valence-corrected chi connectivity index (χ3v) is 5.07. The number of nitrogens with one attached hydrogen (secondary N) is 1. The van der Waals surface area contributed by atoms with Crippen molar-refractivity contribution in [2.24, 2.45) is 0 Å². The van der Waals surface area contributed by atoms with Crippen LogP contribution in [-0.2, 0) is 0 Å². The van der Waals surface area contributed by atoms with Crippen LogP contribution in [0.4, 0.5) is 5.13 Å². The van der Waals surface area contributed by atoms with E-state index in [1.165, 1.54) is 11.3 Å². The Kier molecular flexibility index (Phi) is 5.23. The number of rotatable bonds is 5. The second-order valence-corrected chi connectivity index (χ2v) is 7.18. The Morgan fingerprint density at radius 1 is 1.14 bits per heavy atom. The zero-order chi connectivity index (χ0) is 19.5. The van der Waals surface area contributed by atoms with Crippen LogP contribution in [0.3, 0.4) is 0 Å². The molecule has 0 bridgehead atoms. The molecule has 140 valence electrons. The molecule has 0 aliphatic heterocycles. The standard InChI is InChI=1S/C21H16ClN3O2S/c1-2-27-18-10-6-4-8-14(18)17-12-28-21(24-17)25-20(26)15-11-19(22)23-16-9-5-3-7-13(15)16/h3-12H,2H2,1H3,(H,24,25,26). The van der Waals surface area contributed by atoms with Gasteiger partial charge in [0.2, 0.25) is 0 Å². The Bertz CT molecular complexity index is 1160. The quantitative estimate of drug-likeness (QED) is 0.432. The molecule has 2 heterocycles. The lowest BCUT2D eigenvalue weighted by molar-refractivity contribution is 0.102. The highest BCUT2D eigenvalue weighted by atomic mass is 35.5. The van der Waals surface area contributed by atoms with E-state index >= 15 is 0 Å². The van der Waals surface area contributed by atoms with Gasteiger partial charge < -0.3 is 4.74 Å². The molecule has 7 heteroatoms. The average Bonchev–Trinajstić information content (AvgIpc) is 3.16. The number of para-hydroxylation sites is 2. The smallest absolute Gasteiger partial charge is 0.258 e. The van der Waals surface area contributed by atoms with Crippen LogP contribution < -0.4 is 10.1 Å². The van der Waals surface area contributed by atoms with Gasteiger partial charge in [-0.25, -0.2) is 9.97 Å². The zero-order valence-electron chi connectivity index (χ0n) is 15.0. The number of benzene rings is 2. The van der Waals surface area contributed by atoms with E-state index in [2.05, 4.69) is 15.3 Å². The lowest BCUT2D eigenvalue weighted by Gasteiger charge is -2.08. The molecule has 28 heavy (non-hydrogen) atoms. The van der Waals surface area contributed by atoms with Crippen molar-refractivity contribution in [1.82, 2.24) is 9.97 Å². The highest BCUT2D eigenvalue weighted by Gasteiger charge is 2.15. The van der Waals surface area contributed by atoms with Crippen LogP contribution in [0, 0.1) is 0 Å². The van der Waals surface area contributed by atoms with Crippen molar-refractivity contribution in [3.8, 4) is 17.0 Å². The molecule has 0 aliphatic carbocycles. The molecule has 2 aromatic heterocycles. The number of nitrogens with zero attached hydrogens (tertiary/aromatic N) is 2. The van der Waals surface area contributed by atoms with E-state index in [0.29, 0.717) is 22.8 Å². The summed E-state index contributed by atoms with van der Waals surface area (Å²) in [6.07, 6.45) is 0. The molecule has 0 atom stereocenters. The van der Waals surface area contributed by atoms with E-state index < -0.39 is 0 Å². The fourth-order valence-electron chi connectivity index (χ4n) is 2.91. The summed E-state index contributed by atoms with van der Waals surface area (Å²) in [6, 6.07) is 16.7. The summed E-state index contributed by atoms with van der Waals surface area (Å²) in [5.41, 5.74) is 2.77. The molecular formula is C21H16ClN3O2S. The Labute approximate surface area is 171 Å². The summed E-state index contributed by atoms with van der Waals surface area (Å²) < 4.78 is 5.67. The van der Waals surface area contributed by atoms with Crippen molar-refractivity contribution in [2.75, 3.05) is 11.9 Å². The van der Waals surface area contributed by atoms with E-state index in [0.717, 1.165) is 22.4 Å². The Morgan fingerprint density at radius 2 is 1.93 bits per heavy atom. The van der Waals surface area contributed by atoms with Gasteiger partial charge >= 0.3 is 0 Å². The van der Waals surface area contributed by atoms with Gasteiger partial charge in [-0.2, -0.15) is 0 Å². The number of anilines is 1. The molecule has 0 aliphatic rings. The number of pyridine rings is 1. The summed E-state index contributed by atoms with van der Waals surface area (Å²) >= 11 is 7.44. The monoisotopic (exact) mass is 409 g/mol. The summed E-state index contributed by atoms with van der Waals surface area (Å²) in [5.74, 6) is 0.486. The van der Waals surface area contributed by atoms with Gasteiger partial charge in [0.25, 0.3) is 5.91 Å². The molecule has 5 nitrogen and oxygen atoms in total. The Morgan fingerprint density at radius 3 is 2.79 bits per heavy atom. The first-order valence-electron chi connectivity index (χ1n) is 8.70. The molecule has 0 fully saturated rings. The van der Waals surface area contributed by atoms with Crippen LogP contribution in [0.5, 0.6) is 5.75 Å². The van der Waals surface area contributed by atoms with Crippen LogP contribution in [-0.4, -0.2) is 22.5 Å². The number of carbonyl (C=O) groups is 1. The van der Waals surface area contributed by atoms with Crippen LogP contribution >= 0.6 is 22.9 Å². The van der Waals surface area contributed by atoms with Crippen molar-refractivity contribution in [3.05, 3.63) is 70.7 Å². The molecule has 0 radical (unpaired) electrons. The lowest BCUT2D eigenvalue weighted by Crippen LogP contribution is -2.12. The number of hydrogen-bond acceptors (Lipinski definition) is 5. The Hall–Kier alpha value is -2.96. The maximum absolute atomic E-state index is 12.8. The van der Waals surface area contributed by atoms with Gasteiger partial charge in [-0.1, -0.05) is 41.9 Å². The molecule has 4 aromatic rings. The van der Waals surface area contributed by atoms with Crippen LogP contribution in [0.1, 0.15) is 17.3 Å². The molecule has 0 saturated heterocycles. The number of halogens is 1. The van der Waals surface area contributed by atoms with Crippen molar-refractivity contribution in [3.63, 3.8) is 0 Å². The molecular weight excluding hydrogens is 394 g/mol. The molecule has 0 saturated carbocycles. The topological polar surface area (TPSA) is 64.1 Å². The second-order valence-electron chi connectivity index (χ2n) is 5.93. The molecule has 1 amide bonds. The van der Waals surface area contributed by atoms with Crippen molar-refractivity contribution < 1.29 is 9.53 Å². The Balaban J connectivity index is 1.63. The highest BCUT2D eigenvalue weighted by molar-refractivity contribution is 7.14. The lowest BCUT2D eigenvalue weighted by atomic mass is 10.1. The highest BCUT2D eigenvalue weighted by Crippen LogP contribution is 2.32. The second kappa shape index (κ2) is 7.96. The zero-order valence-corrected chi connectivity index (χ0v) is 16.6. The van der Waals surface area contributed by atoms with Gasteiger partial charge in [0, 0.05) is 16.3 Å². The van der Waals surface area contributed by atoms with Crippen molar-refractivity contribution >= 4 is 44.9 Å². The largest absolute Gasteiger partial charge is 0.493 e. The molecule has 0 spiro atoms. The van der Waals surface area contributed by atoms with Crippen molar-refractivity contribution in [1.29, 1.82) is 0 Å². The first-order chi connectivity index (χ1) is 13.7. The van der Waals surface area contributed by atoms with E-state index in [-0.39, 0.29) is 11.1 Å². The number of hydrogen-bond donors (Lipinski definition) is 1. The van der Waals surface area contributed by atoms with Gasteiger partial charge in [0.15, 0.2) is 5.13 Å². The predicted molar refractivity (Wildman–Crippen MR) is 113 cm³/mol. The molecule has 4 rings (SSSR count). The van der Waals surface area contributed by atoms with Crippen LogP contribution in [0.2, 0.25) is 5.15 Å².